The fraction of sp³-hybridized carbons (Fsp3) is 0.0952. The number of benzene rings is 2. The van der Waals surface area contributed by atoms with Crippen LogP contribution in [0.3, 0.4) is 0 Å². The van der Waals surface area contributed by atoms with Crippen LogP contribution in [-0.2, 0) is 6.61 Å². The molecule has 2 heterocycles. The molecule has 0 atom stereocenters. The Morgan fingerprint density at radius 3 is 2.78 bits per heavy atom. The molecule has 164 valence electrons. The van der Waals surface area contributed by atoms with E-state index in [1.54, 1.807) is 18.2 Å². The third kappa shape index (κ3) is 3.74. The van der Waals surface area contributed by atoms with Crippen LogP contribution in [0.5, 0.6) is 11.5 Å². The first-order chi connectivity index (χ1) is 15.3. The van der Waals surface area contributed by atoms with Crippen molar-refractivity contribution < 1.29 is 23.8 Å². The molecule has 8 nitrogen and oxygen atoms in total. The molecular weight excluding hydrogens is 463 g/mol. The van der Waals surface area contributed by atoms with Gasteiger partial charge < -0.3 is 19.6 Å². The van der Waals surface area contributed by atoms with E-state index in [0.29, 0.717) is 20.9 Å². The molecule has 11 heteroatoms. The van der Waals surface area contributed by atoms with Gasteiger partial charge in [0.25, 0.3) is 5.56 Å². The summed E-state index contributed by atoms with van der Waals surface area (Å²) in [7, 11) is 1.48. The molecule has 0 unspecified atom stereocenters. The van der Waals surface area contributed by atoms with Crippen LogP contribution in [0.4, 0.5) is 4.39 Å². The first-order valence-corrected chi connectivity index (χ1v) is 10.3. The summed E-state index contributed by atoms with van der Waals surface area (Å²) in [4.78, 5) is 39.0. The second-order valence-corrected chi connectivity index (χ2v) is 7.82. The summed E-state index contributed by atoms with van der Waals surface area (Å²) in [5.74, 6) is -1.57. The van der Waals surface area contributed by atoms with E-state index in [9.17, 15) is 23.9 Å². The molecular formula is C21H14ClFN2O6S. The average molecular weight is 477 g/mol. The van der Waals surface area contributed by atoms with E-state index in [1.165, 1.54) is 24.6 Å². The summed E-state index contributed by atoms with van der Waals surface area (Å²) in [5, 5.41) is 10.8. The number of aromatic carboxylic acids is 1. The number of thiophene rings is 1. The molecule has 0 radical (unpaired) electrons. The highest BCUT2D eigenvalue weighted by Crippen LogP contribution is 2.29. The lowest BCUT2D eigenvalue weighted by Gasteiger charge is -2.12. The molecule has 0 bridgehead atoms. The number of methoxy groups -OCH3 is 1. The van der Waals surface area contributed by atoms with Crippen LogP contribution in [0.25, 0.3) is 16.6 Å². The summed E-state index contributed by atoms with van der Waals surface area (Å²) in [6.45, 7) is 0.0130. The van der Waals surface area contributed by atoms with Gasteiger partial charge in [0.2, 0.25) is 0 Å². The molecule has 2 aromatic heterocycles. The van der Waals surface area contributed by atoms with Crippen LogP contribution in [-0.4, -0.2) is 27.7 Å². The molecule has 2 N–H and O–H groups in total. The maximum Gasteiger partial charge on any atom is 0.346 e. The van der Waals surface area contributed by atoms with E-state index in [1.807, 2.05) is 0 Å². The number of fused-ring (bicyclic) bond motifs is 1. The number of H-pyrrole nitrogens is 1. The van der Waals surface area contributed by atoms with E-state index >= 15 is 0 Å². The van der Waals surface area contributed by atoms with Crippen molar-refractivity contribution in [3.05, 3.63) is 83.9 Å². The highest BCUT2D eigenvalue weighted by molar-refractivity contribution is 7.13. The Morgan fingerprint density at radius 1 is 1.28 bits per heavy atom. The topological polar surface area (TPSA) is 111 Å². The normalized spacial score (nSPS) is 11.0. The molecule has 4 rings (SSSR count). The highest BCUT2D eigenvalue weighted by Gasteiger charge is 2.20. The molecule has 0 saturated carbocycles. The number of rotatable bonds is 6. The van der Waals surface area contributed by atoms with Crippen molar-refractivity contribution in [1.82, 2.24) is 9.55 Å². The maximum absolute atomic E-state index is 14.6. The van der Waals surface area contributed by atoms with E-state index in [-0.39, 0.29) is 33.8 Å². The SMILES string of the molecule is COc1cccc(COc2ccc(F)c(-n3c(=O)[nH]c4csc(C(=O)O)c4c3=O)c2)c1Cl. The molecule has 0 aliphatic rings. The minimum atomic E-state index is -1.33. The molecule has 32 heavy (non-hydrogen) atoms. The van der Waals surface area contributed by atoms with Crippen molar-refractivity contribution in [2.75, 3.05) is 7.11 Å². The quantitative estimate of drug-likeness (QED) is 0.437. The van der Waals surface area contributed by atoms with Crippen LogP contribution in [0.15, 0.2) is 51.4 Å². The van der Waals surface area contributed by atoms with Crippen molar-refractivity contribution in [1.29, 1.82) is 0 Å². The Hall–Kier alpha value is -3.63. The Morgan fingerprint density at radius 2 is 2.06 bits per heavy atom. The van der Waals surface area contributed by atoms with Gasteiger partial charge in [-0.3, -0.25) is 4.79 Å². The minimum Gasteiger partial charge on any atom is -0.495 e. The molecule has 0 spiro atoms. The molecule has 2 aromatic carbocycles. The number of hydrogen-bond donors (Lipinski definition) is 2. The van der Waals surface area contributed by atoms with Crippen LogP contribution in [0.2, 0.25) is 5.02 Å². The number of carbonyl (C=O) groups is 1. The Kier molecular flexibility index (Phi) is 5.72. The van der Waals surface area contributed by atoms with Crippen molar-refractivity contribution >= 4 is 39.8 Å². The standard InChI is InChI=1S/C21H14ClFN2O6S/c1-30-15-4-2-3-10(17(15)22)8-31-11-5-6-12(23)14(7-11)25-19(26)16-13(24-21(25)29)9-32-18(16)20(27)28/h2-7,9H,8H2,1H3,(H,24,29)(H,27,28). The minimum absolute atomic E-state index is 0.0130. The second-order valence-electron chi connectivity index (χ2n) is 6.56. The van der Waals surface area contributed by atoms with Crippen LogP contribution < -0.4 is 20.7 Å². The van der Waals surface area contributed by atoms with Gasteiger partial charge >= 0.3 is 11.7 Å². The summed E-state index contributed by atoms with van der Waals surface area (Å²) < 4.78 is 26.0. The van der Waals surface area contributed by atoms with Gasteiger partial charge in [-0.15, -0.1) is 11.3 Å². The number of hydrogen-bond acceptors (Lipinski definition) is 6. The Balaban J connectivity index is 1.76. The fourth-order valence-corrected chi connectivity index (χ4v) is 4.24. The van der Waals surface area contributed by atoms with Crippen molar-refractivity contribution in [2.45, 2.75) is 6.61 Å². The lowest BCUT2D eigenvalue weighted by molar-refractivity contribution is 0.0704. The summed E-state index contributed by atoms with van der Waals surface area (Å²) >= 11 is 7.04. The molecule has 0 aliphatic carbocycles. The zero-order valence-corrected chi connectivity index (χ0v) is 17.9. The number of aromatic amines is 1. The van der Waals surface area contributed by atoms with Gasteiger partial charge in [0.15, 0.2) is 0 Å². The Labute approximate surface area is 188 Å². The second kappa shape index (κ2) is 8.48. The lowest BCUT2D eigenvalue weighted by Crippen LogP contribution is -2.34. The monoisotopic (exact) mass is 476 g/mol. The van der Waals surface area contributed by atoms with Crippen LogP contribution in [0.1, 0.15) is 15.2 Å². The molecule has 0 saturated heterocycles. The zero-order chi connectivity index (χ0) is 23.0. The third-order valence-electron chi connectivity index (χ3n) is 4.66. The maximum atomic E-state index is 14.6. The summed E-state index contributed by atoms with van der Waals surface area (Å²) in [6.07, 6.45) is 0. The molecule has 4 aromatic rings. The largest absolute Gasteiger partial charge is 0.495 e. The lowest BCUT2D eigenvalue weighted by atomic mass is 10.2. The average Bonchev–Trinajstić information content (AvgIpc) is 3.19. The van der Waals surface area contributed by atoms with Gasteiger partial charge in [-0.2, -0.15) is 0 Å². The molecule has 0 fully saturated rings. The zero-order valence-electron chi connectivity index (χ0n) is 16.3. The summed E-state index contributed by atoms with van der Waals surface area (Å²) in [5.41, 5.74) is -1.56. The third-order valence-corrected chi connectivity index (χ3v) is 6.06. The van der Waals surface area contributed by atoms with Gasteiger partial charge in [0, 0.05) is 17.0 Å². The van der Waals surface area contributed by atoms with Gasteiger partial charge in [-0.1, -0.05) is 23.7 Å². The Bertz CT molecular complexity index is 1480. The number of aromatic nitrogens is 2. The number of halogens is 2. The van der Waals surface area contributed by atoms with Crippen molar-refractivity contribution in [3.8, 4) is 17.2 Å². The van der Waals surface area contributed by atoms with Crippen LogP contribution >= 0.6 is 22.9 Å². The van der Waals surface area contributed by atoms with Gasteiger partial charge in [-0.25, -0.2) is 18.5 Å². The van der Waals surface area contributed by atoms with Crippen LogP contribution in [0, 0.1) is 5.82 Å². The predicted molar refractivity (Wildman–Crippen MR) is 117 cm³/mol. The van der Waals surface area contributed by atoms with Gasteiger partial charge in [-0.05, 0) is 18.2 Å². The number of nitrogens with zero attached hydrogens (tertiary/aromatic N) is 1. The summed E-state index contributed by atoms with van der Waals surface area (Å²) in [6, 6.07) is 8.69. The number of carboxylic acid groups (broad SMARTS) is 1. The van der Waals surface area contributed by atoms with Crippen molar-refractivity contribution in [3.63, 3.8) is 0 Å². The predicted octanol–water partition coefficient (Wildman–Crippen LogP) is 3.82. The first-order valence-electron chi connectivity index (χ1n) is 9.05. The first kappa shape index (κ1) is 21.6. The van der Waals surface area contributed by atoms with E-state index in [2.05, 4.69) is 4.98 Å². The number of nitrogens with one attached hydrogen (secondary N) is 1. The molecule has 0 amide bonds. The van der Waals surface area contributed by atoms with Gasteiger partial charge in [0.05, 0.1) is 28.7 Å². The van der Waals surface area contributed by atoms with Gasteiger partial charge in [0.1, 0.15) is 28.8 Å². The highest BCUT2D eigenvalue weighted by atomic mass is 35.5. The number of ether oxygens (including phenoxy) is 2. The smallest absolute Gasteiger partial charge is 0.346 e. The fourth-order valence-electron chi connectivity index (χ4n) is 3.15. The van der Waals surface area contributed by atoms with E-state index < -0.39 is 23.0 Å². The number of carboxylic acids is 1. The van der Waals surface area contributed by atoms with E-state index in [4.69, 9.17) is 21.1 Å². The van der Waals surface area contributed by atoms with Crippen molar-refractivity contribution in [2.24, 2.45) is 0 Å². The molecule has 0 aliphatic heterocycles. The van der Waals surface area contributed by atoms with E-state index in [0.717, 1.165) is 17.4 Å².